The van der Waals surface area contributed by atoms with Gasteiger partial charge < -0.3 is 20.4 Å². The highest BCUT2D eigenvalue weighted by atomic mass is 16.5. The molecule has 26 heavy (non-hydrogen) atoms. The van der Waals surface area contributed by atoms with Gasteiger partial charge in [-0.1, -0.05) is 0 Å². The maximum atomic E-state index is 12.7. The molecule has 1 aliphatic heterocycles. The number of amides is 2. The zero-order valence-electron chi connectivity index (χ0n) is 14.6. The maximum Gasteiger partial charge on any atom is 0.272 e. The zero-order chi connectivity index (χ0) is 18.4. The van der Waals surface area contributed by atoms with Crippen LogP contribution in [-0.4, -0.2) is 28.7 Å². The van der Waals surface area contributed by atoms with Crippen molar-refractivity contribution in [1.29, 1.82) is 0 Å². The van der Waals surface area contributed by atoms with E-state index in [1.807, 2.05) is 0 Å². The molecule has 2 aliphatic rings. The van der Waals surface area contributed by atoms with E-state index in [2.05, 4.69) is 15.6 Å². The SMILES string of the molecule is Cc1c(C(=O)Nc2ccc3c(c2)NC(=O)C(C)O3)[nH]c2c1C(=O)CCC2. The minimum atomic E-state index is -0.548. The van der Waals surface area contributed by atoms with Crippen LogP contribution in [0.4, 0.5) is 11.4 Å². The highest BCUT2D eigenvalue weighted by Crippen LogP contribution is 2.33. The number of rotatable bonds is 2. The molecule has 1 unspecified atom stereocenters. The van der Waals surface area contributed by atoms with E-state index < -0.39 is 6.10 Å². The highest BCUT2D eigenvalue weighted by molar-refractivity contribution is 6.09. The van der Waals surface area contributed by atoms with Gasteiger partial charge in [-0.2, -0.15) is 0 Å². The van der Waals surface area contributed by atoms with Gasteiger partial charge in [-0.3, -0.25) is 14.4 Å². The summed E-state index contributed by atoms with van der Waals surface area (Å²) in [7, 11) is 0. The van der Waals surface area contributed by atoms with Gasteiger partial charge in [-0.25, -0.2) is 0 Å². The van der Waals surface area contributed by atoms with Gasteiger partial charge in [-0.15, -0.1) is 0 Å². The number of hydrogen-bond acceptors (Lipinski definition) is 4. The number of nitrogens with one attached hydrogen (secondary N) is 3. The van der Waals surface area contributed by atoms with Crippen molar-refractivity contribution < 1.29 is 19.1 Å². The van der Waals surface area contributed by atoms with Crippen LogP contribution in [0.2, 0.25) is 0 Å². The second kappa shape index (κ2) is 6.01. The van der Waals surface area contributed by atoms with E-state index in [1.165, 1.54) is 0 Å². The predicted octanol–water partition coefficient (Wildman–Crippen LogP) is 2.81. The summed E-state index contributed by atoms with van der Waals surface area (Å²) < 4.78 is 5.51. The normalized spacial score (nSPS) is 18.5. The van der Waals surface area contributed by atoms with Crippen LogP contribution in [0.5, 0.6) is 5.75 Å². The van der Waals surface area contributed by atoms with Crippen LogP contribution >= 0.6 is 0 Å². The van der Waals surface area contributed by atoms with Gasteiger partial charge in [0.15, 0.2) is 11.9 Å². The zero-order valence-corrected chi connectivity index (χ0v) is 14.6. The Bertz CT molecular complexity index is 945. The Balaban J connectivity index is 1.59. The van der Waals surface area contributed by atoms with Crippen LogP contribution in [0, 0.1) is 6.92 Å². The monoisotopic (exact) mass is 353 g/mol. The quantitative estimate of drug-likeness (QED) is 0.773. The lowest BCUT2D eigenvalue weighted by atomic mass is 9.94. The fourth-order valence-electron chi connectivity index (χ4n) is 3.48. The molecule has 0 bridgehead atoms. The smallest absolute Gasteiger partial charge is 0.272 e. The largest absolute Gasteiger partial charge is 0.479 e. The Morgan fingerprint density at radius 2 is 2.08 bits per heavy atom. The van der Waals surface area contributed by atoms with Gasteiger partial charge in [0.25, 0.3) is 11.8 Å². The summed E-state index contributed by atoms with van der Waals surface area (Å²) in [5, 5.41) is 5.56. The number of aryl methyl sites for hydroxylation is 1. The number of H-pyrrole nitrogens is 1. The Labute approximate surface area is 150 Å². The fraction of sp³-hybridized carbons (Fsp3) is 0.316. The van der Waals surface area contributed by atoms with Crippen molar-refractivity contribution in [3.8, 4) is 5.75 Å². The van der Waals surface area contributed by atoms with Gasteiger partial charge in [0.2, 0.25) is 0 Å². The van der Waals surface area contributed by atoms with Crippen LogP contribution in [0.3, 0.4) is 0 Å². The molecule has 4 rings (SSSR count). The summed E-state index contributed by atoms with van der Waals surface area (Å²) in [5.41, 5.74) is 3.63. The van der Waals surface area contributed by atoms with E-state index in [9.17, 15) is 14.4 Å². The molecule has 3 N–H and O–H groups in total. The lowest BCUT2D eigenvalue weighted by molar-refractivity contribution is -0.122. The van der Waals surface area contributed by atoms with Crippen LogP contribution in [-0.2, 0) is 11.2 Å². The van der Waals surface area contributed by atoms with Crippen molar-refractivity contribution in [2.24, 2.45) is 0 Å². The first-order valence-corrected chi connectivity index (χ1v) is 8.61. The van der Waals surface area contributed by atoms with Crippen LogP contribution < -0.4 is 15.4 Å². The molecular weight excluding hydrogens is 334 g/mol. The number of hydrogen-bond donors (Lipinski definition) is 3. The molecule has 1 atom stereocenters. The molecule has 0 radical (unpaired) electrons. The van der Waals surface area contributed by atoms with Crippen molar-refractivity contribution in [1.82, 2.24) is 4.98 Å². The second-order valence-corrected chi connectivity index (χ2v) is 6.67. The third-order valence-electron chi connectivity index (χ3n) is 4.83. The molecule has 7 heteroatoms. The third-order valence-corrected chi connectivity index (χ3v) is 4.83. The number of ketones is 1. The van der Waals surface area contributed by atoms with E-state index >= 15 is 0 Å². The van der Waals surface area contributed by atoms with Crippen molar-refractivity contribution in [3.05, 3.63) is 40.7 Å². The number of Topliss-reactive ketones (excluding diaryl/α,β-unsaturated/α-hetero) is 1. The fourth-order valence-corrected chi connectivity index (χ4v) is 3.48. The predicted molar refractivity (Wildman–Crippen MR) is 95.9 cm³/mol. The van der Waals surface area contributed by atoms with Crippen molar-refractivity contribution in [2.45, 2.75) is 39.2 Å². The van der Waals surface area contributed by atoms with Gasteiger partial charge in [0.05, 0.1) is 5.69 Å². The molecule has 0 saturated heterocycles. The number of carbonyl (C=O) groups is 3. The topological polar surface area (TPSA) is 100 Å². The Morgan fingerprint density at radius 3 is 2.85 bits per heavy atom. The molecule has 1 aromatic heterocycles. The number of aromatic amines is 1. The molecule has 0 spiro atoms. The van der Waals surface area contributed by atoms with Crippen molar-refractivity contribution in [3.63, 3.8) is 0 Å². The molecular formula is C19H19N3O4. The molecule has 7 nitrogen and oxygen atoms in total. The van der Waals surface area contributed by atoms with Crippen molar-refractivity contribution >= 4 is 29.0 Å². The highest BCUT2D eigenvalue weighted by Gasteiger charge is 2.27. The Kier molecular flexibility index (Phi) is 3.79. The summed E-state index contributed by atoms with van der Waals surface area (Å²) >= 11 is 0. The lowest BCUT2D eigenvalue weighted by Gasteiger charge is -2.23. The molecule has 2 aromatic rings. The molecule has 1 aliphatic carbocycles. The van der Waals surface area contributed by atoms with E-state index in [4.69, 9.17) is 4.74 Å². The first-order valence-electron chi connectivity index (χ1n) is 8.61. The first-order chi connectivity index (χ1) is 12.4. The second-order valence-electron chi connectivity index (χ2n) is 6.67. The number of benzene rings is 1. The van der Waals surface area contributed by atoms with Gasteiger partial charge in [-0.05, 0) is 50.5 Å². The molecule has 2 amide bonds. The summed E-state index contributed by atoms with van der Waals surface area (Å²) in [6.07, 6.45) is 1.55. The average molecular weight is 353 g/mol. The Hall–Kier alpha value is -3.09. The molecule has 1 aromatic carbocycles. The summed E-state index contributed by atoms with van der Waals surface area (Å²) in [6, 6.07) is 5.07. The number of carbonyl (C=O) groups excluding carboxylic acids is 3. The van der Waals surface area contributed by atoms with Crippen LogP contribution in [0.25, 0.3) is 0 Å². The molecule has 134 valence electrons. The number of aromatic nitrogens is 1. The third kappa shape index (κ3) is 2.65. The molecule has 2 heterocycles. The van der Waals surface area contributed by atoms with E-state index in [0.717, 1.165) is 18.5 Å². The molecule has 0 saturated carbocycles. The molecule has 0 fully saturated rings. The standard InChI is InChI=1S/C19H19N3O4/c1-9-16-12(4-3-5-14(16)23)21-17(9)19(25)20-11-6-7-15-13(8-11)22-18(24)10(2)26-15/h6-8,10,21H,3-5H2,1-2H3,(H,20,25)(H,22,24). The minimum Gasteiger partial charge on any atom is -0.479 e. The summed E-state index contributed by atoms with van der Waals surface area (Å²) in [4.78, 5) is 39.6. The Morgan fingerprint density at radius 1 is 1.27 bits per heavy atom. The van der Waals surface area contributed by atoms with Gasteiger partial charge in [0.1, 0.15) is 11.4 Å². The first kappa shape index (κ1) is 16.4. The lowest BCUT2D eigenvalue weighted by Crippen LogP contribution is -2.34. The van der Waals surface area contributed by atoms with E-state index in [-0.39, 0.29) is 17.6 Å². The van der Waals surface area contributed by atoms with E-state index in [1.54, 1.807) is 32.0 Å². The van der Waals surface area contributed by atoms with Gasteiger partial charge in [0, 0.05) is 23.4 Å². The number of ether oxygens (including phenoxy) is 1. The minimum absolute atomic E-state index is 0.0850. The van der Waals surface area contributed by atoms with Gasteiger partial charge >= 0.3 is 0 Å². The van der Waals surface area contributed by atoms with Crippen molar-refractivity contribution in [2.75, 3.05) is 10.6 Å². The number of fused-ring (bicyclic) bond motifs is 2. The summed E-state index contributed by atoms with van der Waals surface area (Å²) in [6.45, 7) is 3.46. The average Bonchev–Trinajstić information content (AvgIpc) is 2.94. The van der Waals surface area contributed by atoms with Crippen LogP contribution in [0.1, 0.15) is 51.9 Å². The number of anilines is 2. The van der Waals surface area contributed by atoms with E-state index in [0.29, 0.717) is 40.4 Å². The maximum absolute atomic E-state index is 12.7. The van der Waals surface area contributed by atoms with Crippen LogP contribution in [0.15, 0.2) is 18.2 Å². The summed E-state index contributed by atoms with van der Waals surface area (Å²) in [5.74, 6) is 0.0995.